The van der Waals surface area contributed by atoms with Crippen LogP contribution in [0, 0.1) is 5.82 Å². The second-order valence-electron chi connectivity index (χ2n) is 7.74. The molecule has 34 heavy (non-hydrogen) atoms. The summed E-state index contributed by atoms with van der Waals surface area (Å²) in [6.45, 7) is 0. The molecule has 4 heterocycles. The summed E-state index contributed by atoms with van der Waals surface area (Å²) in [4.78, 5) is 17.2. The standard InChI is InChI=1S/C25H17FN6O2/c1-34-17-11-14(9-15(26)12-17)21-22-19(7-8-27-21)29-25(30-22)24-23-20(31-32-24)6-5-18(28-23)13-3-2-4-16(33)10-13/h2-12,33H,1H3,(H,29,30)(H,31,32). The highest BCUT2D eigenvalue weighted by Crippen LogP contribution is 2.32. The molecule has 8 nitrogen and oxygen atoms in total. The van der Waals surface area contributed by atoms with E-state index in [9.17, 15) is 9.50 Å². The summed E-state index contributed by atoms with van der Waals surface area (Å²) >= 11 is 0. The Morgan fingerprint density at radius 2 is 1.76 bits per heavy atom. The van der Waals surface area contributed by atoms with Crippen molar-refractivity contribution < 1.29 is 14.2 Å². The monoisotopic (exact) mass is 452 g/mol. The molecule has 6 rings (SSSR count). The van der Waals surface area contributed by atoms with Crippen LogP contribution in [0.25, 0.3) is 56.1 Å². The zero-order chi connectivity index (χ0) is 23.2. The molecule has 0 aliphatic carbocycles. The number of pyridine rings is 2. The molecule has 0 fully saturated rings. The Hall–Kier alpha value is -4.79. The Labute approximate surface area is 192 Å². The number of rotatable bonds is 4. The van der Waals surface area contributed by atoms with Crippen molar-refractivity contribution >= 4 is 22.1 Å². The second kappa shape index (κ2) is 7.66. The smallest absolute Gasteiger partial charge is 0.161 e. The van der Waals surface area contributed by atoms with Gasteiger partial charge in [0.2, 0.25) is 0 Å². The van der Waals surface area contributed by atoms with E-state index >= 15 is 0 Å². The lowest BCUT2D eigenvalue weighted by molar-refractivity contribution is 0.411. The minimum Gasteiger partial charge on any atom is -0.508 e. The van der Waals surface area contributed by atoms with E-state index in [4.69, 9.17) is 14.7 Å². The molecule has 0 aliphatic heterocycles. The zero-order valence-electron chi connectivity index (χ0n) is 17.9. The highest BCUT2D eigenvalue weighted by atomic mass is 19.1. The van der Waals surface area contributed by atoms with Crippen molar-refractivity contribution in [2.75, 3.05) is 7.11 Å². The number of ether oxygens (including phenoxy) is 1. The van der Waals surface area contributed by atoms with E-state index < -0.39 is 5.82 Å². The van der Waals surface area contributed by atoms with Gasteiger partial charge in [-0.05, 0) is 42.5 Å². The van der Waals surface area contributed by atoms with Gasteiger partial charge in [0.25, 0.3) is 0 Å². The van der Waals surface area contributed by atoms with Crippen molar-refractivity contribution in [3.63, 3.8) is 0 Å². The molecule has 0 saturated carbocycles. The second-order valence-corrected chi connectivity index (χ2v) is 7.74. The van der Waals surface area contributed by atoms with E-state index in [1.807, 2.05) is 18.2 Å². The van der Waals surface area contributed by atoms with Crippen LogP contribution < -0.4 is 4.74 Å². The van der Waals surface area contributed by atoms with Gasteiger partial charge in [-0.25, -0.2) is 14.4 Å². The summed E-state index contributed by atoms with van der Waals surface area (Å²) in [6, 6.07) is 16.9. The molecule has 0 saturated heterocycles. The molecule has 166 valence electrons. The maximum Gasteiger partial charge on any atom is 0.161 e. The largest absolute Gasteiger partial charge is 0.508 e. The minimum atomic E-state index is -0.425. The fourth-order valence-corrected chi connectivity index (χ4v) is 3.97. The third-order valence-electron chi connectivity index (χ3n) is 5.56. The summed E-state index contributed by atoms with van der Waals surface area (Å²) < 4.78 is 19.3. The van der Waals surface area contributed by atoms with Gasteiger partial charge >= 0.3 is 0 Å². The van der Waals surface area contributed by atoms with Gasteiger partial charge in [-0.15, -0.1) is 0 Å². The number of H-pyrrole nitrogens is 2. The van der Waals surface area contributed by atoms with Gasteiger partial charge in [0.05, 0.1) is 29.5 Å². The van der Waals surface area contributed by atoms with Crippen molar-refractivity contribution in [1.29, 1.82) is 0 Å². The summed E-state index contributed by atoms with van der Waals surface area (Å²) in [6.07, 6.45) is 1.64. The highest BCUT2D eigenvalue weighted by molar-refractivity contribution is 5.95. The quantitative estimate of drug-likeness (QED) is 0.344. The number of imidazole rings is 1. The molecule has 0 aliphatic rings. The average molecular weight is 452 g/mol. The first-order valence-corrected chi connectivity index (χ1v) is 10.4. The van der Waals surface area contributed by atoms with E-state index in [-0.39, 0.29) is 5.75 Å². The van der Waals surface area contributed by atoms with Gasteiger partial charge in [0.1, 0.15) is 28.3 Å². The maximum atomic E-state index is 14.1. The molecule has 6 aromatic rings. The number of phenols is 1. The molecule has 0 unspecified atom stereocenters. The molecule has 0 amide bonds. The van der Waals surface area contributed by atoms with Crippen molar-refractivity contribution in [2.24, 2.45) is 0 Å². The number of aromatic nitrogens is 6. The van der Waals surface area contributed by atoms with E-state index in [2.05, 4.69) is 20.2 Å². The number of aromatic hydroxyl groups is 1. The summed E-state index contributed by atoms with van der Waals surface area (Å²) in [5.41, 5.74) is 5.75. The molecule has 3 N–H and O–H groups in total. The van der Waals surface area contributed by atoms with Crippen LogP contribution in [0.4, 0.5) is 4.39 Å². The number of hydrogen-bond donors (Lipinski definition) is 3. The van der Waals surface area contributed by atoms with Crippen LogP contribution in [-0.4, -0.2) is 42.3 Å². The number of nitrogens with one attached hydrogen (secondary N) is 2. The van der Waals surface area contributed by atoms with Crippen LogP contribution in [0.2, 0.25) is 0 Å². The fourth-order valence-electron chi connectivity index (χ4n) is 3.97. The lowest BCUT2D eigenvalue weighted by Gasteiger charge is -2.05. The van der Waals surface area contributed by atoms with Crippen LogP contribution >= 0.6 is 0 Å². The normalized spacial score (nSPS) is 11.4. The Morgan fingerprint density at radius 1 is 0.882 bits per heavy atom. The Kier molecular flexibility index (Phi) is 4.48. The van der Waals surface area contributed by atoms with Gasteiger partial charge in [-0.1, -0.05) is 12.1 Å². The number of hydrogen-bond acceptors (Lipinski definition) is 6. The van der Waals surface area contributed by atoms with Crippen molar-refractivity contribution in [2.45, 2.75) is 0 Å². The molecule has 0 bridgehead atoms. The molecule has 4 aromatic heterocycles. The van der Waals surface area contributed by atoms with Crippen LogP contribution in [0.5, 0.6) is 11.5 Å². The number of fused-ring (bicyclic) bond motifs is 2. The third-order valence-corrected chi connectivity index (χ3v) is 5.56. The van der Waals surface area contributed by atoms with Gasteiger partial charge < -0.3 is 14.8 Å². The molecule has 0 atom stereocenters. The van der Waals surface area contributed by atoms with Crippen LogP contribution in [-0.2, 0) is 0 Å². The SMILES string of the molecule is COc1cc(F)cc(-c2nccc3[nH]c(-c4n[nH]c5ccc(-c6cccc(O)c6)nc45)nc23)c1. The number of methoxy groups -OCH3 is 1. The van der Waals surface area contributed by atoms with Gasteiger partial charge in [-0.3, -0.25) is 10.1 Å². The predicted molar refractivity (Wildman–Crippen MR) is 126 cm³/mol. The first-order valence-electron chi connectivity index (χ1n) is 10.4. The Balaban J connectivity index is 1.50. The number of halogens is 1. The highest BCUT2D eigenvalue weighted by Gasteiger charge is 2.18. The van der Waals surface area contributed by atoms with Crippen LogP contribution in [0.3, 0.4) is 0 Å². The van der Waals surface area contributed by atoms with Gasteiger partial charge in [0.15, 0.2) is 11.5 Å². The summed E-state index contributed by atoms with van der Waals surface area (Å²) in [5, 5.41) is 17.2. The molecule has 0 radical (unpaired) electrons. The summed E-state index contributed by atoms with van der Waals surface area (Å²) in [7, 11) is 1.49. The molecular formula is C25H17FN6O2. The number of aromatic amines is 2. The lowest BCUT2D eigenvalue weighted by atomic mass is 10.1. The Morgan fingerprint density at radius 3 is 2.62 bits per heavy atom. The van der Waals surface area contributed by atoms with Gasteiger partial charge in [0, 0.05) is 23.4 Å². The van der Waals surface area contributed by atoms with Crippen LogP contribution in [0.15, 0.2) is 66.9 Å². The van der Waals surface area contributed by atoms with E-state index in [0.717, 1.165) is 16.6 Å². The summed E-state index contributed by atoms with van der Waals surface area (Å²) in [5.74, 6) is 0.634. The third kappa shape index (κ3) is 3.30. The van der Waals surface area contributed by atoms with Crippen molar-refractivity contribution in [3.05, 3.63) is 72.7 Å². The molecule has 9 heteroatoms. The van der Waals surface area contributed by atoms with Crippen molar-refractivity contribution in [1.82, 2.24) is 30.1 Å². The first kappa shape index (κ1) is 19.9. The maximum absolute atomic E-state index is 14.1. The number of phenolic OH excluding ortho intramolecular Hbond substituents is 1. The number of benzene rings is 2. The van der Waals surface area contributed by atoms with Crippen molar-refractivity contribution in [3.8, 4) is 45.5 Å². The molecular weight excluding hydrogens is 435 g/mol. The Bertz CT molecular complexity index is 1690. The first-order chi connectivity index (χ1) is 16.6. The predicted octanol–water partition coefficient (Wildman–Crippen LogP) is 5.08. The van der Waals surface area contributed by atoms with E-state index in [0.29, 0.717) is 45.3 Å². The van der Waals surface area contributed by atoms with E-state index in [1.54, 1.807) is 36.5 Å². The fraction of sp³-hybridized carbons (Fsp3) is 0.0400. The number of nitrogens with zero attached hydrogens (tertiary/aromatic N) is 4. The topological polar surface area (TPSA) is 113 Å². The van der Waals surface area contributed by atoms with Crippen LogP contribution in [0.1, 0.15) is 0 Å². The van der Waals surface area contributed by atoms with E-state index in [1.165, 1.54) is 19.2 Å². The molecule has 2 aromatic carbocycles. The molecule has 0 spiro atoms. The minimum absolute atomic E-state index is 0.165. The van der Waals surface area contributed by atoms with Gasteiger partial charge in [-0.2, -0.15) is 5.10 Å². The average Bonchev–Trinajstić information content (AvgIpc) is 3.47. The lowest BCUT2D eigenvalue weighted by Crippen LogP contribution is -1.90. The zero-order valence-corrected chi connectivity index (χ0v) is 17.9.